The van der Waals surface area contributed by atoms with Gasteiger partial charge < -0.3 is 10.6 Å². The second-order valence-corrected chi connectivity index (χ2v) is 8.89. The van der Waals surface area contributed by atoms with Crippen LogP contribution in [0.15, 0.2) is 71.9 Å². The first kappa shape index (κ1) is 22.6. The van der Waals surface area contributed by atoms with Gasteiger partial charge in [-0.1, -0.05) is 36.4 Å². The third-order valence-electron chi connectivity index (χ3n) is 4.62. The smallest absolute Gasteiger partial charge is 0.241 e. The molecule has 0 spiro atoms. The fourth-order valence-electron chi connectivity index (χ4n) is 3.09. The maximum Gasteiger partial charge on any atom is 0.241 e. The zero-order valence-electron chi connectivity index (χ0n) is 17.5. The molecule has 1 unspecified atom stereocenters. The molecule has 2 aromatic carbocycles. The molecule has 162 valence electrons. The predicted octanol–water partition coefficient (Wildman–Crippen LogP) is 3.16. The van der Waals surface area contributed by atoms with Gasteiger partial charge in [-0.2, -0.15) is 0 Å². The van der Waals surface area contributed by atoms with Crippen molar-refractivity contribution in [2.24, 2.45) is 0 Å². The van der Waals surface area contributed by atoms with Gasteiger partial charge in [0.1, 0.15) is 0 Å². The Bertz CT molecular complexity index is 1170. The van der Waals surface area contributed by atoms with E-state index in [0.717, 1.165) is 16.6 Å². The topological polar surface area (TPSA) is 100 Å². The number of sulfonamides is 1. The van der Waals surface area contributed by atoms with Crippen LogP contribution in [0.4, 0.5) is 5.69 Å². The van der Waals surface area contributed by atoms with Gasteiger partial charge in [0.25, 0.3) is 0 Å². The Kier molecular flexibility index (Phi) is 7.51. The summed E-state index contributed by atoms with van der Waals surface area (Å²) in [5.74, 6) is -0.103. The average Bonchev–Trinajstić information content (AvgIpc) is 2.75. The summed E-state index contributed by atoms with van der Waals surface area (Å²) in [6.07, 6.45) is 7.21. The zero-order chi connectivity index (χ0) is 22.3. The Morgan fingerprint density at radius 2 is 1.87 bits per heavy atom. The molecule has 0 radical (unpaired) electrons. The van der Waals surface area contributed by atoms with Crippen molar-refractivity contribution in [3.63, 3.8) is 0 Å². The van der Waals surface area contributed by atoms with E-state index in [1.165, 1.54) is 6.92 Å². The molecule has 3 N–H and O–H groups in total. The zero-order valence-corrected chi connectivity index (χ0v) is 18.3. The largest absolute Gasteiger partial charge is 0.326 e. The average molecular weight is 439 g/mol. The summed E-state index contributed by atoms with van der Waals surface area (Å²) < 4.78 is 28.0. The fourth-order valence-corrected chi connectivity index (χ4v) is 4.35. The number of aromatic nitrogens is 1. The number of hydrogen-bond acceptors (Lipinski definition) is 5. The monoisotopic (exact) mass is 438 g/mol. The van der Waals surface area contributed by atoms with E-state index < -0.39 is 10.0 Å². The summed E-state index contributed by atoms with van der Waals surface area (Å²) in [6, 6.07) is 14.4. The molecule has 7 nitrogen and oxygen atoms in total. The molecule has 0 aliphatic carbocycles. The lowest BCUT2D eigenvalue weighted by molar-refractivity contribution is -0.114. The highest BCUT2D eigenvalue weighted by Gasteiger charge is 2.16. The molecule has 1 aromatic heterocycles. The quantitative estimate of drug-likeness (QED) is 0.446. The van der Waals surface area contributed by atoms with Gasteiger partial charge in [0, 0.05) is 54.9 Å². The molecule has 0 aliphatic heterocycles. The number of rotatable bonds is 9. The van der Waals surface area contributed by atoms with Crippen LogP contribution in [-0.4, -0.2) is 38.4 Å². The van der Waals surface area contributed by atoms with Crippen LogP contribution in [0.5, 0.6) is 0 Å². The molecule has 3 aromatic rings. The summed E-state index contributed by atoms with van der Waals surface area (Å²) in [6.45, 7) is 4.22. The summed E-state index contributed by atoms with van der Waals surface area (Å²) in [5.41, 5.74) is 1.76. The van der Waals surface area contributed by atoms with Crippen molar-refractivity contribution in [1.82, 2.24) is 15.0 Å². The van der Waals surface area contributed by atoms with E-state index in [9.17, 15) is 13.2 Å². The SMILES string of the molecule is CC(=O)Nc1ccc(C=CC(C)NCCNS(=O)(=O)c2cccc3cnccc23)cc1. The minimum atomic E-state index is -3.62. The van der Waals surface area contributed by atoms with Crippen LogP contribution in [0.25, 0.3) is 16.8 Å². The highest BCUT2D eigenvalue weighted by molar-refractivity contribution is 7.89. The van der Waals surface area contributed by atoms with Crippen LogP contribution in [0.1, 0.15) is 19.4 Å². The fraction of sp³-hybridized carbons (Fsp3) is 0.217. The van der Waals surface area contributed by atoms with Gasteiger partial charge >= 0.3 is 0 Å². The van der Waals surface area contributed by atoms with E-state index in [2.05, 4.69) is 20.3 Å². The first-order valence-electron chi connectivity index (χ1n) is 9.97. The van der Waals surface area contributed by atoms with Gasteiger partial charge in [-0.25, -0.2) is 13.1 Å². The number of nitrogens with zero attached hydrogens (tertiary/aromatic N) is 1. The Labute approximate surface area is 182 Å². The highest BCUT2D eigenvalue weighted by atomic mass is 32.2. The lowest BCUT2D eigenvalue weighted by Crippen LogP contribution is -2.35. The Morgan fingerprint density at radius 1 is 1.10 bits per heavy atom. The molecule has 0 saturated carbocycles. The number of anilines is 1. The van der Waals surface area contributed by atoms with Crippen LogP contribution in [0.3, 0.4) is 0 Å². The Morgan fingerprint density at radius 3 is 2.61 bits per heavy atom. The second-order valence-electron chi connectivity index (χ2n) is 7.16. The molecule has 1 atom stereocenters. The molecule has 1 heterocycles. The van der Waals surface area contributed by atoms with Gasteiger partial charge in [-0.3, -0.25) is 9.78 Å². The van der Waals surface area contributed by atoms with E-state index in [1.807, 2.05) is 49.4 Å². The molecule has 8 heteroatoms. The second kappa shape index (κ2) is 10.3. The number of nitrogens with one attached hydrogen (secondary N) is 3. The summed E-state index contributed by atoms with van der Waals surface area (Å²) in [4.78, 5) is 15.4. The van der Waals surface area contributed by atoms with Crippen LogP contribution in [0.2, 0.25) is 0 Å². The van der Waals surface area contributed by atoms with Crippen LogP contribution >= 0.6 is 0 Å². The van der Waals surface area contributed by atoms with E-state index in [4.69, 9.17) is 0 Å². The molecule has 31 heavy (non-hydrogen) atoms. The number of amides is 1. The van der Waals surface area contributed by atoms with Crippen molar-refractivity contribution >= 4 is 38.5 Å². The van der Waals surface area contributed by atoms with Crippen molar-refractivity contribution in [3.05, 3.63) is 72.6 Å². The molecule has 0 aliphatic rings. The number of benzene rings is 2. The van der Waals surface area contributed by atoms with Crippen molar-refractivity contribution in [2.75, 3.05) is 18.4 Å². The normalized spacial score (nSPS) is 12.8. The number of pyridine rings is 1. The standard InChI is InChI=1S/C23H26N4O3S/c1-17(6-7-19-8-10-21(11-9-19)27-18(2)28)25-14-15-26-31(29,30)23-5-3-4-20-16-24-13-12-22(20)23/h3-13,16-17,25-26H,14-15H2,1-2H3,(H,27,28). The minimum absolute atomic E-state index is 0.0585. The Balaban J connectivity index is 1.49. The van der Waals surface area contributed by atoms with Crippen molar-refractivity contribution in [3.8, 4) is 0 Å². The molecular formula is C23H26N4O3S. The number of carbonyl (C=O) groups is 1. The van der Waals surface area contributed by atoms with Gasteiger partial charge in [-0.15, -0.1) is 0 Å². The van der Waals surface area contributed by atoms with Crippen LogP contribution in [0, 0.1) is 0 Å². The molecule has 0 fully saturated rings. The van der Waals surface area contributed by atoms with E-state index in [-0.39, 0.29) is 23.4 Å². The van der Waals surface area contributed by atoms with E-state index >= 15 is 0 Å². The van der Waals surface area contributed by atoms with Gasteiger partial charge in [0.05, 0.1) is 4.90 Å². The maximum absolute atomic E-state index is 12.7. The lowest BCUT2D eigenvalue weighted by atomic mass is 10.1. The van der Waals surface area contributed by atoms with E-state index in [0.29, 0.717) is 11.9 Å². The van der Waals surface area contributed by atoms with Crippen molar-refractivity contribution in [1.29, 1.82) is 0 Å². The first-order chi connectivity index (χ1) is 14.8. The maximum atomic E-state index is 12.7. The molecule has 1 amide bonds. The number of fused-ring (bicyclic) bond motifs is 1. The summed E-state index contributed by atoms with van der Waals surface area (Å²) in [7, 11) is -3.62. The summed E-state index contributed by atoms with van der Waals surface area (Å²) >= 11 is 0. The van der Waals surface area contributed by atoms with Crippen molar-refractivity contribution in [2.45, 2.75) is 24.8 Å². The van der Waals surface area contributed by atoms with Crippen LogP contribution in [-0.2, 0) is 14.8 Å². The minimum Gasteiger partial charge on any atom is -0.326 e. The van der Waals surface area contributed by atoms with Gasteiger partial charge in [0.15, 0.2) is 0 Å². The van der Waals surface area contributed by atoms with Crippen LogP contribution < -0.4 is 15.4 Å². The van der Waals surface area contributed by atoms with E-state index in [1.54, 1.807) is 30.6 Å². The van der Waals surface area contributed by atoms with Crippen molar-refractivity contribution < 1.29 is 13.2 Å². The molecule has 0 bridgehead atoms. The number of carbonyl (C=O) groups excluding carboxylic acids is 1. The summed E-state index contributed by atoms with van der Waals surface area (Å²) in [5, 5.41) is 7.44. The van der Waals surface area contributed by atoms with Gasteiger partial charge in [0.2, 0.25) is 15.9 Å². The Hall–Kier alpha value is -3.07. The molecule has 0 saturated heterocycles. The lowest BCUT2D eigenvalue weighted by Gasteiger charge is -2.12. The third-order valence-corrected chi connectivity index (χ3v) is 6.14. The predicted molar refractivity (Wildman–Crippen MR) is 124 cm³/mol. The highest BCUT2D eigenvalue weighted by Crippen LogP contribution is 2.21. The molecular weight excluding hydrogens is 412 g/mol. The number of hydrogen-bond donors (Lipinski definition) is 3. The van der Waals surface area contributed by atoms with Gasteiger partial charge in [-0.05, 0) is 36.8 Å². The molecule has 3 rings (SSSR count). The third kappa shape index (κ3) is 6.45. The first-order valence-corrected chi connectivity index (χ1v) is 11.4.